The molecule has 11 rings (SSSR count). The molecular formula is C57H41N. The van der Waals surface area contributed by atoms with Crippen LogP contribution in [0.5, 0.6) is 0 Å². The molecule has 0 N–H and O–H groups in total. The van der Waals surface area contributed by atoms with Crippen LogP contribution in [0, 0.1) is 0 Å². The van der Waals surface area contributed by atoms with E-state index < -0.39 is 0 Å². The molecule has 10 aromatic carbocycles. The summed E-state index contributed by atoms with van der Waals surface area (Å²) in [6.45, 7) is 4.74. The Balaban J connectivity index is 1.25. The van der Waals surface area contributed by atoms with Crippen LogP contribution in [0.2, 0.25) is 0 Å². The monoisotopic (exact) mass is 739 g/mol. The van der Waals surface area contributed by atoms with Crippen molar-refractivity contribution >= 4 is 49.4 Å². The van der Waals surface area contributed by atoms with E-state index in [9.17, 15) is 0 Å². The minimum Gasteiger partial charge on any atom is -0.310 e. The molecule has 0 aromatic heterocycles. The van der Waals surface area contributed by atoms with E-state index in [4.69, 9.17) is 0 Å². The van der Waals surface area contributed by atoms with Crippen LogP contribution in [0.3, 0.4) is 0 Å². The Morgan fingerprint density at radius 1 is 0.328 bits per heavy atom. The number of benzene rings is 10. The van der Waals surface area contributed by atoms with E-state index in [0.29, 0.717) is 0 Å². The van der Waals surface area contributed by atoms with E-state index >= 15 is 0 Å². The zero-order valence-corrected chi connectivity index (χ0v) is 32.7. The zero-order valence-electron chi connectivity index (χ0n) is 32.7. The third kappa shape index (κ3) is 5.39. The second-order valence-corrected chi connectivity index (χ2v) is 16.1. The van der Waals surface area contributed by atoms with E-state index in [1.165, 1.54) is 88.0 Å². The maximum Gasteiger partial charge on any atom is 0.0546 e. The van der Waals surface area contributed by atoms with Gasteiger partial charge in [-0.25, -0.2) is 0 Å². The number of rotatable bonds is 6. The first kappa shape index (κ1) is 34.1. The molecule has 1 heteroatoms. The molecule has 0 spiro atoms. The summed E-state index contributed by atoms with van der Waals surface area (Å²) in [7, 11) is 0. The van der Waals surface area contributed by atoms with Crippen molar-refractivity contribution in [1.29, 1.82) is 0 Å². The predicted octanol–water partition coefficient (Wildman–Crippen LogP) is 15.9. The van der Waals surface area contributed by atoms with E-state index in [1.54, 1.807) is 0 Å². The topological polar surface area (TPSA) is 3.24 Å². The summed E-state index contributed by atoms with van der Waals surface area (Å²) in [4.78, 5) is 2.51. The van der Waals surface area contributed by atoms with Crippen LogP contribution in [0.1, 0.15) is 25.0 Å². The smallest absolute Gasteiger partial charge is 0.0546 e. The highest BCUT2D eigenvalue weighted by Crippen LogP contribution is 2.53. The van der Waals surface area contributed by atoms with Crippen LogP contribution in [0.15, 0.2) is 212 Å². The summed E-state index contributed by atoms with van der Waals surface area (Å²) >= 11 is 0. The fraction of sp³-hybridized carbons (Fsp3) is 0.0526. The lowest BCUT2D eigenvalue weighted by Gasteiger charge is -2.31. The van der Waals surface area contributed by atoms with Crippen molar-refractivity contribution < 1.29 is 0 Å². The number of hydrogen-bond acceptors (Lipinski definition) is 1. The molecule has 58 heavy (non-hydrogen) atoms. The molecule has 1 aliphatic carbocycles. The molecule has 0 bridgehead atoms. The lowest BCUT2D eigenvalue weighted by Crippen LogP contribution is -2.17. The quantitative estimate of drug-likeness (QED) is 0.154. The molecule has 0 unspecified atom stereocenters. The van der Waals surface area contributed by atoms with Crippen molar-refractivity contribution in [3.8, 4) is 44.5 Å². The zero-order chi connectivity index (χ0) is 38.8. The van der Waals surface area contributed by atoms with Gasteiger partial charge in [0.15, 0.2) is 0 Å². The van der Waals surface area contributed by atoms with Crippen molar-refractivity contribution in [3.05, 3.63) is 223 Å². The molecular weight excluding hydrogens is 699 g/mol. The second-order valence-electron chi connectivity index (χ2n) is 16.1. The van der Waals surface area contributed by atoms with Gasteiger partial charge in [0.25, 0.3) is 0 Å². The molecule has 0 heterocycles. The van der Waals surface area contributed by atoms with Gasteiger partial charge in [0.2, 0.25) is 0 Å². The maximum atomic E-state index is 2.51. The largest absolute Gasteiger partial charge is 0.310 e. The predicted molar refractivity (Wildman–Crippen MR) is 248 cm³/mol. The van der Waals surface area contributed by atoms with Gasteiger partial charge in [0.1, 0.15) is 0 Å². The first-order valence-corrected chi connectivity index (χ1v) is 20.3. The average Bonchev–Trinajstić information content (AvgIpc) is 3.51. The summed E-state index contributed by atoms with van der Waals surface area (Å²) < 4.78 is 0. The van der Waals surface area contributed by atoms with Crippen LogP contribution in [-0.2, 0) is 5.41 Å². The molecule has 1 nitrogen and oxygen atoms in total. The fourth-order valence-electron chi connectivity index (χ4n) is 9.67. The van der Waals surface area contributed by atoms with Crippen LogP contribution < -0.4 is 4.90 Å². The fourth-order valence-corrected chi connectivity index (χ4v) is 9.67. The van der Waals surface area contributed by atoms with Crippen molar-refractivity contribution in [1.82, 2.24) is 0 Å². The van der Waals surface area contributed by atoms with E-state index in [-0.39, 0.29) is 5.41 Å². The lowest BCUT2D eigenvalue weighted by atomic mass is 9.82. The Kier molecular flexibility index (Phi) is 7.91. The van der Waals surface area contributed by atoms with Gasteiger partial charge in [-0.05, 0) is 119 Å². The van der Waals surface area contributed by atoms with E-state index in [1.807, 2.05) is 0 Å². The van der Waals surface area contributed by atoms with Crippen molar-refractivity contribution in [2.45, 2.75) is 19.3 Å². The Bertz CT molecular complexity index is 3200. The summed E-state index contributed by atoms with van der Waals surface area (Å²) in [5, 5.41) is 7.46. The molecule has 274 valence electrons. The van der Waals surface area contributed by atoms with Crippen molar-refractivity contribution in [2.75, 3.05) is 4.90 Å². The summed E-state index contributed by atoms with van der Waals surface area (Å²) in [6.07, 6.45) is 0. The molecule has 0 radical (unpaired) electrons. The number of hydrogen-bond donors (Lipinski definition) is 0. The lowest BCUT2D eigenvalue weighted by molar-refractivity contribution is 0.660. The normalized spacial score (nSPS) is 12.8. The first-order chi connectivity index (χ1) is 28.5. The van der Waals surface area contributed by atoms with Crippen LogP contribution in [0.25, 0.3) is 76.8 Å². The average molecular weight is 740 g/mol. The Labute approximate surface area is 340 Å². The first-order valence-electron chi connectivity index (χ1n) is 20.3. The van der Waals surface area contributed by atoms with Crippen LogP contribution >= 0.6 is 0 Å². The number of nitrogens with zero attached hydrogens (tertiary/aromatic N) is 1. The molecule has 0 aliphatic heterocycles. The van der Waals surface area contributed by atoms with E-state index in [0.717, 1.165) is 17.1 Å². The summed E-state index contributed by atoms with van der Waals surface area (Å²) in [6, 6.07) is 78.4. The van der Waals surface area contributed by atoms with Crippen molar-refractivity contribution in [3.63, 3.8) is 0 Å². The molecule has 0 atom stereocenters. The van der Waals surface area contributed by atoms with Gasteiger partial charge in [-0.2, -0.15) is 0 Å². The Morgan fingerprint density at radius 3 is 1.78 bits per heavy atom. The van der Waals surface area contributed by atoms with Crippen LogP contribution in [0.4, 0.5) is 17.1 Å². The van der Waals surface area contributed by atoms with Gasteiger partial charge < -0.3 is 4.90 Å². The third-order valence-electron chi connectivity index (χ3n) is 12.4. The highest BCUT2D eigenvalue weighted by atomic mass is 15.1. The SMILES string of the molecule is CC1(C)c2ccccc2-c2ccc(N(c3cccc(-c4ccccc4)c3)c3cccc(-c4cc5ccccc5c5ccccc45)c3-c3cccc4ccccc34)cc21. The van der Waals surface area contributed by atoms with Crippen LogP contribution in [-0.4, -0.2) is 0 Å². The Hall–Kier alpha value is -7.22. The number of fused-ring (bicyclic) bond motifs is 7. The van der Waals surface area contributed by atoms with E-state index in [2.05, 4.69) is 231 Å². The molecule has 10 aromatic rings. The minimum atomic E-state index is -0.149. The highest BCUT2D eigenvalue weighted by Gasteiger charge is 2.36. The highest BCUT2D eigenvalue weighted by molar-refractivity contribution is 6.17. The van der Waals surface area contributed by atoms with Gasteiger partial charge in [-0.1, -0.05) is 190 Å². The van der Waals surface area contributed by atoms with Gasteiger partial charge in [0, 0.05) is 22.4 Å². The molecule has 0 saturated heterocycles. The summed E-state index contributed by atoms with van der Waals surface area (Å²) in [5.74, 6) is 0. The van der Waals surface area contributed by atoms with Gasteiger partial charge in [0.05, 0.1) is 5.69 Å². The third-order valence-corrected chi connectivity index (χ3v) is 12.4. The molecule has 0 saturated carbocycles. The molecule has 0 amide bonds. The molecule has 1 aliphatic rings. The maximum absolute atomic E-state index is 2.51. The van der Waals surface area contributed by atoms with Gasteiger partial charge in [-0.3, -0.25) is 0 Å². The summed E-state index contributed by atoms with van der Waals surface area (Å²) in [5.41, 5.74) is 15.8. The minimum absolute atomic E-state index is 0.149. The van der Waals surface area contributed by atoms with Gasteiger partial charge >= 0.3 is 0 Å². The van der Waals surface area contributed by atoms with Gasteiger partial charge in [-0.15, -0.1) is 0 Å². The standard InChI is InChI=1S/C57H41N/c1-57(2)53-31-13-12-28-48(53)49-34-33-43(37-54(49)57)58(42-23-14-22-40(35-42)38-17-4-3-5-18-38)55-32-16-30-51(56(55)50-29-15-21-39-19-6-8-24-44(39)50)52-36-41-20-7-9-25-45(41)46-26-10-11-27-47(46)52/h3-37H,1-2H3. The Morgan fingerprint density at radius 2 is 0.914 bits per heavy atom. The second kappa shape index (κ2) is 13.5. The van der Waals surface area contributed by atoms with Crippen molar-refractivity contribution in [2.24, 2.45) is 0 Å². The molecule has 0 fully saturated rings. The number of anilines is 3.